The molecule has 0 bridgehead atoms. The summed E-state index contributed by atoms with van der Waals surface area (Å²) in [5.41, 5.74) is 0. The van der Waals surface area contributed by atoms with Gasteiger partial charge in [-0.15, -0.1) is 0 Å². The van der Waals surface area contributed by atoms with Crippen molar-refractivity contribution in [3.05, 3.63) is 0 Å². The van der Waals surface area contributed by atoms with Crippen molar-refractivity contribution in [1.29, 1.82) is 0 Å². The molecule has 0 aliphatic carbocycles. The van der Waals surface area contributed by atoms with Gasteiger partial charge < -0.3 is 4.74 Å². The standard InChI is InChI=1S/C11H23N3O5S2/c1-12(2)21(17,18)14-5-4-10-8-13(20(3,15)16)6-7-19-11(10)9-14/h10-11H,4-9H2,1-3H3/t10-,11-/m1/s1. The zero-order valence-corrected chi connectivity index (χ0v) is 14.2. The van der Waals surface area contributed by atoms with E-state index in [1.165, 1.54) is 33.3 Å². The Hall–Kier alpha value is -0.260. The van der Waals surface area contributed by atoms with E-state index in [4.69, 9.17) is 4.74 Å². The summed E-state index contributed by atoms with van der Waals surface area (Å²) >= 11 is 0. The molecule has 2 rings (SSSR count). The molecule has 0 N–H and O–H groups in total. The van der Waals surface area contributed by atoms with Crippen LogP contribution in [0.5, 0.6) is 0 Å². The molecule has 2 aliphatic heterocycles. The van der Waals surface area contributed by atoms with Crippen LogP contribution in [0.3, 0.4) is 0 Å². The summed E-state index contributed by atoms with van der Waals surface area (Å²) in [5, 5.41) is 0. The van der Waals surface area contributed by atoms with Crippen molar-refractivity contribution in [1.82, 2.24) is 12.9 Å². The summed E-state index contributed by atoms with van der Waals surface area (Å²) in [5.74, 6) is 0.0378. The van der Waals surface area contributed by atoms with Gasteiger partial charge in [-0.1, -0.05) is 0 Å². The molecule has 8 nitrogen and oxygen atoms in total. The molecule has 2 atom stereocenters. The topological polar surface area (TPSA) is 87.2 Å². The van der Waals surface area contributed by atoms with Crippen molar-refractivity contribution in [2.24, 2.45) is 5.92 Å². The molecule has 0 saturated carbocycles. The molecule has 0 aromatic heterocycles. The van der Waals surface area contributed by atoms with Gasteiger partial charge in [0.2, 0.25) is 10.0 Å². The lowest BCUT2D eigenvalue weighted by Crippen LogP contribution is -2.52. The molecule has 2 saturated heterocycles. The van der Waals surface area contributed by atoms with Crippen molar-refractivity contribution < 1.29 is 21.6 Å². The van der Waals surface area contributed by atoms with Gasteiger partial charge >= 0.3 is 0 Å². The molecule has 2 heterocycles. The number of ether oxygens (including phenoxy) is 1. The average molecular weight is 341 g/mol. The fourth-order valence-corrected chi connectivity index (χ4v) is 4.74. The summed E-state index contributed by atoms with van der Waals surface area (Å²) in [7, 11) is -3.69. The zero-order valence-electron chi connectivity index (χ0n) is 12.6. The lowest BCUT2D eigenvalue weighted by molar-refractivity contribution is -0.00275. The smallest absolute Gasteiger partial charge is 0.281 e. The minimum atomic E-state index is -3.45. The van der Waals surface area contributed by atoms with E-state index in [1.54, 1.807) is 0 Å². The number of fused-ring (bicyclic) bond motifs is 1. The van der Waals surface area contributed by atoms with E-state index in [0.29, 0.717) is 32.7 Å². The highest BCUT2D eigenvalue weighted by Crippen LogP contribution is 2.26. The Morgan fingerprint density at radius 1 is 1.05 bits per heavy atom. The second kappa shape index (κ2) is 6.09. The highest BCUT2D eigenvalue weighted by atomic mass is 32.2. The molecular weight excluding hydrogens is 318 g/mol. The van der Waals surface area contributed by atoms with Crippen LogP contribution in [0, 0.1) is 5.92 Å². The van der Waals surface area contributed by atoms with E-state index >= 15 is 0 Å². The third-order valence-electron chi connectivity index (χ3n) is 4.03. The van der Waals surface area contributed by atoms with Gasteiger partial charge in [-0.2, -0.15) is 21.3 Å². The van der Waals surface area contributed by atoms with Gasteiger partial charge in [0.05, 0.1) is 19.0 Å². The normalized spacial score (nSPS) is 30.1. The molecule has 21 heavy (non-hydrogen) atoms. The van der Waals surface area contributed by atoms with Crippen LogP contribution in [0.15, 0.2) is 0 Å². The molecule has 2 aliphatic rings. The Balaban J connectivity index is 2.10. The highest BCUT2D eigenvalue weighted by Gasteiger charge is 2.39. The fourth-order valence-electron chi connectivity index (χ4n) is 2.73. The Kier molecular flexibility index (Phi) is 4.96. The Labute approximate surface area is 126 Å². The van der Waals surface area contributed by atoms with E-state index in [0.717, 1.165) is 0 Å². The minimum Gasteiger partial charge on any atom is -0.375 e. The first-order valence-corrected chi connectivity index (χ1v) is 10.1. The van der Waals surface area contributed by atoms with Crippen LogP contribution in [-0.2, 0) is 25.0 Å². The number of rotatable bonds is 3. The van der Waals surface area contributed by atoms with Crippen LogP contribution >= 0.6 is 0 Å². The molecule has 0 aromatic carbocycles. The van der Waals surface area contributed by atoms with Crippen LogP contribution in [0.2, 0.25) is 0 Å². The average Bonchev–Trinajstić information content (AvgIpc) is 2.59. The Morgan fingerprint density at radius 3 is 2.29 bits per heavy atom. The summed E-state index contributed by atoms with van der Waals surface area (Å²) in [6.07, 6.45) is 1.54. The maximum absolute atomic E-state index is 12.2. The van der Waals surface area contributed by atoms with E-state index in [1.807, 2.05) is 0 Å². The first kappa shape index (κ1) is 17.1. The van der Waals surface area contributed by atoms with E-state index in [9.17, 15) is 16.8 Å². The lowest BCUT2D eigenvalue weighted by atomic mass is 9.95. The SMILES string of the molecule is CN(C)S(=O)(=O)N1CC[C@@H]2CN(S(C)(=O)=O)CCO[C@@H]2C1. The zero-order chi connectivity index (χ0) is 15.8. The molecule has 0 unspecified atom stereocenters. The quantitative estimate of drug-likeness (QED) is 0.642. The number of hydrogen-bond acceptors (Lipinski definition) is 5. The predicted molar refractivity (Wildman–Crippen MR) is 78.4 cm³/mol. The molecule has 0 amide bonds. The molecule has 2 fully saturated rings. The first-order chi connectivity index (χ1) is 9.62. The summed E-state index contributed by atoms with van der Waals surface area (Å²) < 4.78 is 57.4. The molecule has 124 valence electrons. The lowest BCUT2D eigenvalue weighted by Gasteiger charge is -2.37. The number of nitrogens with zero attached hydrogens (tertiary/aromatic N) is 3. The van der Waals surface area contributed by atoms with Crippen molar-refractivity contribution in [3.63, 3.8) is 0 Å². The first-order valence-electron chi connectivity index (χ1n) is 6.86. The summed E-state index contributed by atoms with van der Waals surface area (Å²) in [6, 6.07) is 0. The van der Waals surface area contributed by atoms with Gasteiger partial charge in [0.15, 0.2) is 0 Å². The van der Waals surface area contributed by atoms with Gasteiger partial charge in [-0.3, -0.25) is 0 Å². The fraction of sp³-hybridized carbons (Fsp3) is 1.00. The maximum atomic E-state index is 12.2. The van der Waals surface area contributed by atoms with Gasteiger partial charge in [-0.05, 0) is 6.42 Å². The number of piperidine rings is 1. The van der Waals surface area contributed by atoms with Crippen LogP contribution in [0.1, 0.15) is 6.42 Å². The summed E-state index contributed by atoms with van der Waals surface area (Å²) in [6.45, 7) is 1.70. The van der Waals surface area contributed by atoms with Crippen LogP contribution in [0.25, 0.3) is 0 Å². The van der Waals surface area contributed by atoms with Gasteiger partial charge in [0.25, 0.3) is 10.2 Å². The van der Waals surface area contributed by atoms with E-state index in [-0.39, 0.29) is 18.6 Å². The third kappa shape index (κ3) is 3.74. The van der Waals surface area contributed by atoms with Gasteiger partial charge in [0.1, 0.15) is 0 Å². The summed E-state index contributed by atoms with van der Waals surface area (Å²) in [4.78, 5) is 0. The van der Waals surface area contributed by atoms with Crippen LogP contribution in [-0.4, -0.2) is 89.0 Å². The predicted octanol–water partition coefficient (Wildman–Crippen LogP) is -1.22. The molecule has 0 radical (unpaired) electrons. The van der Waals surface area contributed by atoms with Crippen molar-refractivity contribution >= 4 is 20.2 Å². The molecule has 0 aromatic rings. The maximum Gasteiger partial charge on any atom is 0.281 e. The Morgan fingerprint density at radius 2 is 1.71 bits per heavy atom. The minimum absolute atomic E-state index is 0.0378. The molecular formula is C11H23N3O5S2. The Bertz CT molecular complexity index is 575. The van der Waals surface area contributed by atoms with E-state index < -0.39 is 20.2 Å². The van der Waals surface area contributed by atoms with Crippen molar-refractivity contribution in [2.75, 3.05) is 53.1 Å². The second-order valence-corrected chi connectivity index (χ2v) is 9.85. The second-order valence-electron chi connectivity index (χ2n) is 5.73. The monoisotopic (exact) mass is 341 g/mol. The molecule has 10 heteroatoms. The van der Waals surface area contributed by atoms with Crippen molar-refractivity contribution in [3.8, 4) is 0 Å². The molecule has 0 spiro atoms. The van der Waals surface area contributed by atoms with Crippen molar-refractivity contribution in [2.45, 2.75) is 12.5 Å². The van der Waals surface area contributed by atoms with Gasteiger partial charge in [-0.25, -0.2) is 8.42 Å². The highest BCUT2D eigenvalue weighted by molar-refractivity contribution is 7.88. The van der Waals surface area contributed by atoms with Gasteiger partial charge in [0, 0.05) is 46.2 Å². The van der Waals surface area contributed by atoms with Crippen LogP contribution < -0.4 is 0 Å². The van der Waals surface area contributed by atoms with Crippen LogP contribution in [0.4, 0.5) is 0 Å². The number of sulfonamides is 1. The largest absolute Gasteiger partial charge is 0.375 e. The number of hydrogen-bond donors (Lipinski definition) is 0. The van der Waals surface area contributed by atoms with E-state index in [2.05, 4.69) is 0 Å². The third-order valence-corrected chi connectivity index (χ3v) is 7.20.